The molecule has 0 unspecified atom stereocenters. The van der Waals surface area contributed by atoms with Gasteiger partial charge in [-0.1, -0.05) is 44.2 Å². The number of nitrogens with one attached hydrogen (secondary N) is 1. The van der Waals surface area contributed by atoms with Crippen molar-refractivity contribution in [3.8, 4) is 5.75 Å². The average molecular weight is 480 g/mol. The number of aryl methyl sites for hydroxylation is 2. The van der Waals surface area contributed by atoms with E-state index in [1.807, 2.05) is 44.2 Å². The minimum Gasteiger partial charge on any atom is -0.444 e. The summed E-state index contributed by atoms with van der Waals surface area (Å²) < 4.78 is 16.8. The molecule has 0 aliphatic heterocycles. The molecule has 0 saturated carbocycles. The zero-order valence-electron chi connectivity index (χ0n) is 21.4. The van der Waals surface area contributed by atoms with Crippen molar-refractivity contribution in [2.75, 3.05) is 0 Å². The van der Waals surface area contributed by atoms with Crippen LogP contribution >= 0.6 is 0 Å². The molecular weight excluding hydrogens is 446 g/mol. The second kappa shape index (κ2) is 10.3. The molecule has 2 aromatic carbocycles. The largest absolute Gasteiger partial charge is 0.444 e. The van der Waals surface area contributed by atoms with Gasteiger partial charge in [0.2, 0.25) is 0 Å². The number of carbonyl (C=O) groups excluding carboxylic acids is 2. The van der Waals surface area contributed by atoms with Gasteiger partial charge in [-0.15, -0.1) is 0 Å². The first-order chi connectivity index (χ1) is 16.4. The van der Waals surface area contributed by atoms with Crippen LogP contribution in [-0.2, 0) is 16.0 Å². The van der Waals surface area contributed by atoms with E-state index >= 15 is 0 Å². The van der Waals surface area contributed by atoms with Crippen LogP contribution in [0.2, 0.25) is 0 Å². The van der Waals surface area contributed by atoms with E-state index < -0.39 is 29.3 Å². The molecule has 0 aliphatic rings. The number of carbonyl (C=O) groups is 2. The Bertz CT molecular complexity index is 1280. The molecule has 1 heterocycles. The van der Waals surface area contributed by atoms with Crippen LogP contribution in [0.15, 0.2) is 51.7 Å². The van der Waals surface area contributed by atoms with Crippen LogP contribution in [-0.4, -0.2) is 23.7 Å². The average Bonchev–Trinajstić information content (AvgIpc) is 2.73. The van der Waals surface area contributed by atoms with Gasteiger partial charge < -0.3 is 19.2 Å². The first kappa shape index (κ1) is 26.0. The number of fused-ring (bicyclic) bond motifs is 1. The second-order valence-corrected chi connectivity index (χ2v) is 10.1. The van der Waals surface area contributed by atoms with Gasteiger partial charge in [-0.3, -0.25) is 0 Å². The Kier molecular flexibility index (Phi) is 7.68. The van der Waals surface area contributed by atoms with E-state index in [4.69, 9.17) is 13.9 Å². The maximum absolute atomic E-state index is 13.2. The molecule has 35 heavy (non-hydrogen) atoms. The Morgan fingerprint density at radius 2 is 1.71 bits per heavy atom. The summed E-state index contributed by atoms with van der Waals surface area (Å²) in [6.45, 7) is 12.5. The van der Waals surface area contributed by atoms with E-state index in [2.05, 4.69) is 5.32 Å². The van der Waals surface area contributed by atoms with E-state index in [1.165, 1.54) is 0 Å². The lowest BCUT2D eigenvalue weighted by atomic mass is 9.98. The first-order valence-corrected chi connectivity index (χ1v) is 11.7. The molecular formula is C28H33NO6. The van der Waals surface area contributed by atoms with E-state index in [1.54, 1.807) is 46.8 Å². The number of hydrogen-bond acceptors (Lipinski definition) is 6. The Hall–Kier alpha value is -3.61. The Labute approximate surface area is 205 Å². The van der Waals surface area contributed by atoms with Crippen molar-refractivity contribution in [1.29, 1.82) is 0 Å². The maximum atomic E-state index is 13.2. The number of alkyl carbamates (subject to hydrolysis) is 1. The topological polar surface area (TPSA) is 94.8 Å². The molecule has 186 valence electrons. The SMILES string of the molecule is Cc1cc(OC(=O)[C@@H](NC(=O)OC(C)(C)C)C(C)C)c2c(C)c(Cc3ccccc3)c(=O)oc2c1. The van der Waals surface area contributed by atoms with Crippen molar-refractivity contribution >= 4 is 23.0 Å². The molecule has 0 radical (unpaired) electrons. The molecule has 1 amide bonds. The van der Waals surface area contributed by atoms with Crippen molar-refractivity contribution in [2.45, 2.75) is 66.5 Å². The molecule has 0 spiro atoms. The predicted octanol–water partition coefficient (Wildman–Crippen LogP) is 5.46. The van der Waals surface area contributed by atoms with E-state index in [0.717, 1.165) is 11.1 Å². The van der Waals surface area contributed by atoms with Crippen LogP contribution in [0, 0.1) is 19.8 Å². The van der Waals surface area contributed by atoms with Crippen LogP contribution in [0.4, 0.5) is 4.79 Å². The van der Waals surface area contributed by atoms with Gasteiger partial charge >= 0.3 is 17.7 Å². The zero-order valence-corrected chi connectivity index (χ0v) is 21.4. The summed E-state index contributed by atoms with van der Waals surface area (Å²) in [7, 11) is 0. The highest BCUT2D eigenvalue weighted by atomic mass is 16.6. The summed E-state index contributed by atoms with van der Waals surface area (Å²) >= 11 is 0. The fourth-order valence-corrected chi connectivity index (χ4v) is 3.83. The quantitative estimate of drug-likeness (QED) is 0.287. The Balaban J connectivity index is 1.99. The Morgan fingerprint density at radius 3 is 2.31 bits per heavy atom. The summed E-state index contributed by atoms with van der Waals surface area (Å²) in [5.74, 6) is -0.607. The number of amides is 1. The highest BCUT2D eigenvalue weighted by Gasteiger charge is 2.29. The third kappa shape index (κ3) is 6.50. The lowest BCUT2D eigenvalue weighted by Gasteiger charge is -2.25. The van der Waals surface area contributed by atoms with Crippen LogP contribution in [0.3, 0.4) is 0 Å². The van der Waals surface area contributed by atoms with Gasteiger partial charge in [-0.25, -0.2) is 14.4 Å². The number of rotatable bonds is 6. The van der Waals surface area contributed by atoms with Gasteiger partial charge in [0.25, 0.3) is 0 Å². The summed E-state index contributed by atoms with van der Waals surface area (Å²) in [5.41, 5.74) is 2.13. The third-order valence-electron chi connectivity index (χ3n) is 5.51. The molecule has 0 saturated heterocycles. The number of hydrogen-bond donors (Lipinski definition) is 1. The van der Waals surface area contributed by atoms with E-state index in [9.17, 15) is 14.4 Å². The molecule has 3 rings (SSSR count). The van der Waals surface area contributed by atoms with Crippen molar-refractivity contribution < 1.29 is 23.5 Å². The number of benzene rings is 2. The highest BCUT2D eigenvalue weighted by molar-refractivity contribution is 5.92. The molecule has 0 aliphatic carbocycles. The fraction of sp³-hybridized carbons (Fsp3) is 0.393. The van der Waals surface area contributed by atoms with Crippen LogP contribution < -0.4 is 15.7 Å². The van der Waals surface area contributed by atoms with Crippen molar-refractivity contribution in [1.82, 2.24) is 5.32 Å². The van der Waals surface area contributed by atoms with Crippen molar-refractivity contribution in [2.24, 2.45) is 5.92 Å². The molecule has 0 bridgehead atoms. The fourth-order valence-electron chi connectivity index (χ4n) is 3.83. The molecule has 1 N–H and O–H groups in total. The van der Waals surface area contributed by atoms with Crippen molar-refractivity contribution in [3.05, 3.63) is 75.1 Å². The summed E-state index contributed by atoms with van der Waals surface area (Å²) in [4.78, 5) is 38.3. The van der Waals surface area contributed by atoms with Crippen LogP contribution in [0.25, 0.3) is 11.0 Å². The Morgan fingerprint density at radius 1 is 1.06 bits per heavy atom. The molecule has 7 heteroatoms. The highest BCUT2D eigenvalue weighted by Crippen LogP contribution is 2.32. The zero-order chi connectivity index (χ0) is 25.9. The minimum absolute atomic E-state index is 0.251. The number of ether oxygens (including phenoxy) is 2. The predicted molar refractivity (Wildman–Crippen MR) is 135 cm³/mol. The van der Waals surface area contributed by atoms with E-state index in [-0.39, 0.29) is 11.7 Å². The second-order valence-electron chi connectivity index (χ2n) is 10.1. The van der Waals surface area contributed by atoms with Gasteiger partial charge in [-0.2, -0.15) is 0 Å². The monoisotopic (exact) mass is 479 g/mol. The van der Waals surface area contributed by atoms with E-state index in [0.29, 0.717) is 28.5 Å². The normalized spacial score (nSPS) is 12.5. The molecule has 7 nitrogen and oxygen atoms in total. The minimum atomic E-state index is -0.930. The molecule has 1 atom stereocenters. The smallest absolute Gasteiger partial charge is 0.408 e. The summed E-state index contributed by atoms with van der Waals surface area (Å²) in [6.07, 6.45) is -0.310. The first-order valence-electron chi connectivity index (χ1n) is 11.7. The van der Waals surface area contributed by atoms with Gasteiger partial charge in [0.05, 0.1) is 5.39 Å². The van der Waals surface area contributed by atoms with Gasteiger partial charge in [0, 0.05) is 12.0 Å². The molecule has 1 aromatic heterocycles. The lowest BCUT2D eigenvalue weighted by Crippen LogP contribution is -2.48. The standard InChI is InChI=1S/C28H33NO6/c1-16(2)24(29-27(32)35-28(5,6)7)26(31)34-22-14-17(3)13-21-23(22)18(4)20(25(30)33-21)15-19-11-9-8-10-12-19/h8-14,16,24H,15H2,1-7H3,(H,29,32)/t24-/m0/s1. The maximum Gasteiger partial charge on any atom is 0.408 e. The van der Waals surface area contributed by atoms with Gasteiger partial charge in [-0.05, 0) is 69.4 Å². The third-order valence-corrected chi connectivity index (χ3v) is 5.51. The van der Waals surface area contributed by atoms with Crippen LogP contribution in [0.1, 0.15) is 56.9 Å². The molecule has 0 fully saturated rings. The van der Waals surface area contributed by atoms with Gasteiger partial charge in [0.1, 0.15) is 23.0 Å². The summed E-state index contributed by atoms with van der Waals surface area (Å²) in [5, 5.41) is 3.16. The number of esters is 1. The van der Waals surface area contributed by atoms with Gasteiger partial charge in [0.15, 0.2) is 0 Å². The molecule has 3 aromatic rings. The van der Waals surface area contributed by atoms with Crippen LogP contribution in [0.5, 0.6) is 5.75 Å². The van der Waals surface area contributed by atoms with Crippen molar-refractivity contribution in [3.63, 3.8) is 0 Å². The lowest BCUT2D eigenvalue weighted by molar-refractivity contribution is -0.137. The summed E-state index contributed by atoms with van der Waals surface area (Å²) in [6, 6.07) is 12.2.